The van der Waals surface area contributed by atoms with Crippen LogP contribution in [-0.2, 0) is 19.3 Å². The van der Waals surface area contributed by atoms with E-state index in [2.05, 4.69) is 38.5 Å². The van der Waals surface area contributed by atoms with E-state index in [1.165, 1.54) is 12.8 Å². The van der Waals surface area contributed by atoms with E-state index in [1.807, 2.05) is 18.3 Å². The fourth-order valence-corrected chi connectivity index (χ4v) is 4.73. The van der Waals surface area contributed by atoms with Crippen molar-refractivity contribution in [1.29, 1.82) is 0 Å². The van der Waals surface area contributed by atoms with Crippen LogP contribution in [0.15, 0.2) is 24.4 Å². The minimum atomic E-state index is 0.00792. The first-order valence-corrected chi connectivity index (χ1v) is 10.6. The quantitative estimate of drug-likeness (QED) is 0.773. The van der Waals surface area contributed by atoms with E-state index in [0.29, 0.717) is 11.6 Å². The van der Waals surface area contributed by atoms with Crippen LogP contribution >= 0.6 is 0 Å². The van der Waals surface area contributed by atoms with Crippen LogP contribution in [0.3, 0.4) is 0 Å². The zero-order valence-corrected chi connectivity index (χ0v) is 16.8. The summed E-state index contributed by atoms with van der Waals surface area (Å²) in [5.74, 6) is 0.645. The summed E-state index contributed by atoms with van der Waals surface area (Å²) in [6.45, 7) is 2.10. The summed E-state index contributed by atoms with van der Waals surface area (Å²) >= 11 is 0. The summed E-state index contributed by atoms with van der Waals surface area (Å²) in [5.41, 5.74) is 4.07. The van der Waals surface area contributed by atoms with Gasteiger partial charge in [0.25, 0.3) is 5.91 Å². The van der Waals surface area contributed by atoms with E-state index in [0.717, 1.165) is 68.6 Å². The Morgan fingerprint density at radius 2 is 2.21 bits per heavy atom. The Bertz CT molecular complexity index is 787. The van der Waals surface area contributed by atoms with Gasteiger partial charge in [0, 0.05) is 48.7 Å². The van der Waals surface area contributed by atoms with E-state index in [9.17, 15) is 4.79 Å². The third-order valence-corrected chi connectivity index (χ3v) is 6.19. The monoisotopic (exact) mass is 381 g/mol. The Morgan fingerprint density at radius 1 is 1.29 bits per heavy atom. The van der Waals surface area contributed by atoms with E-state index in [4.69, 9.17) is 0 Å². The second-order valence-corrected chi connectivity index (χ2v) is 8.42. The standard InChI is InChI=1S/C22H31N5O/c1-27(13-11-17-7-2-3-12-23-17)15-16-6-4-8-18(14-16)24-22(28)21-19-9-5-10-20(19)25-26-21/h2-3,7,12,16,18H,4-6,8-11,13-15H2,1H3,(H,24,28)(H,25,26)/t16-,18-/m1/s1. The molecular weight excluding hydrogens is 350 g/mol. The molecule has 0 spiro atoms. The number of hydrogen-bond donors (Lipinski definition) is 2. The molecule has 2 aliphatic carbocycles. The van der Waals surface area contributed by atoms with Crippen LogP contribution in [-0.4, -0.2) is 52.2 Å². The van der Waals surface area contributed by atoms with Gasteiger partial charge in [-0.3, -0.25) is 14.9 Å². The molecule has 4 rings (SSSR count). The maximum absolute atomic E-state index is 12.7. The Kier molecular flexibility index (Phi) is 6.05. The highest BCUT2D eigenvalue weighted by atomic mass is 16.2. The van der Waals surface area contributed by atoms with Crippen molar-refractivity contribution in [3.63, 3.8) is 0 Å². The average Bonchev–Trinajstić information content (AvgIpc) is 3.31. The predicted octanol–water partition coefficient (Wildman–Crippen LogP) is 2.76. The molecule has 2 atom stereocenters. The molecule has 0 aromatic carbocycles. The van der Waals surface area contributed by atoms with Crippen molar-refractivity contribution in [2.45, 2.75) is 57.4 Å². The number of H-pyrrole nitrogens is 1. The van der Waals surface area contributed by atoms with Crippen LogP contribution in [0.25, 0.3) is 0 Å². The molecule has 2 heterocycles. The first kappa shape index (κ1) is 19.1. The highest BCUT2D eigenvalue weighted by molar-refractivity contribution is 5.94. The second-order valence-electron chi connectivity index (χ2n) is 8.42. The van der Waals surface area contributed by atoms with Crippen LogP contribution in [0.5, 0.6) is 0 Å². The topological polar surface area (TPSA) is 73.9 Å². The molecule has 150 valence electrons. The van der Waals surface area contributed by atoms with E-state index in [-0.39, 0.29) is 11.9 Å². The summed E-state index contributed by atoms with van der Waals surface area (Å²) in [7, 11) is 2.19. The average molecular weight is 382 g/mol. The van der Waals surface area contributed by atoms with Gasteiger partial charge in [-0.1, -0.05) is 12.5 Å². The van der Waals surface area contributed by atoms with Gasteiger partial charge in [-0.25, -0.2) is 0 Å². The zero-order chi connectivity index (χ0) is 19.3. The van der Waals surface area contributed by atoms with Gasteiger partial charge in [0.15, 0.2) is 5.69 Å². The number of likely N-dealkylation sites (N-methyl/N-ethyl adjacent to an activating group) is 1. The number of nitrogens with one attached hydrogen (secondary N) is 2. The van der Waals surface area contributed by atoms with Crippen molar-refractivity contribution in [3.8, 4) is 0 Å². The van der Waals surface area contributed by atoms with Gasteiger partial charge in [-0.05, 0) is 63.6 Å². The normalized spacial score (nSPS) is 21.6. The van der Waals surface area contributed by atoms with Crippen molar-refractivity contribution in [2.75, 3.05) is 20.1 Å². The van der Waals surface area contributed by atoms with Gasteiger partial charge in [0.1, 0.15) is 0 Å². The highest BCUT2D eigenvalue weighted by Gasteiger charge is 2.28. The Morgan fingerprint density at radius 3 is 3.07 bits per heavy atom. The first-order valence-electron chi connectivity index (χ1n) is 10.6. The lowest BCUT2D eigenvalue weighted by molar-refractivity contribution is 0.0908. The molecule has 6 nitrogen and oxygen atoms in total. The molecule has 1 amide bonds. The summed E-state index contributed by atoms with van der Waals surface area (Å²) in [5, 5.41) is 10.6. The molecule has 0 bridgehead atoms. The van der Waals surface area contributed by atoms with Crippen LogP contribution in [0.1, 0.15) is 59.5 Å². The number of carbonyl (C=O) groups excluding carboxylic acids is 1. The van der Waals surface area contributed by atoms with Crippen LogP contribution in [0.2, 0.25) is 0 Å². The SMILES string of the molecule is CN(CCc1ccccn1)C[C@@H]1CCC[C@@H](NC(=O)c2n[nH]c3c2CCC3)C1. The Hall–Kier alpha value is -2.21. The number of amides is 1. The van der Waals surface area contributed by atoms with Gasteiger partial charge in [-0.2, -0.15) is 5.10 Å². The van der Waals surface area contributed by atoms with Crippen LogP contribution < -0.4 is 5.32 Å². The van der Waals surface area contributed by atoms with E-state index < -0.39 is 0 Å². The molecule has 0 saturated heterocycles. The third kappa shape index (κ3) is 4.61. The number of rotatable bonds is 7. The molecule has 2 N–H and O–H groups in total. The molecule has 1 fully saturated rings. The number of nitrogens with zero attached hydrogens (tertiary/aromatic N) is 3. The van der Waals surface area contributed by atoms with Gasteiger partial charge >= 0.3 is 0 Å². The molecular formula is C22H31N5O. The van der Waals surface area contributed by atoms with Crippen molar-refractivity contribution >= 4 is 5.91 Å². The second kappa shape index (κ2) is 8.86. The number of carbonyl (C=O) groups is 1. The van der Waals surface area contributed by atoms with E-state index >= 15 is 0 Å². The molecule has 1 saturated carbocycles. The summed E-state index contributed by atoms with van der Waals surface area (Å²) in [4.78, 5) is 19.5. The lowest BCUT2D eigenvalue weighted by Crippen LogP contribution is -2.41. The van der Waals surface area contributed by atoms with Crippen molar-refractivity contribution in [2.24, 2.45) is 5.92 Å². The van der Waals surface area contributed by atoms with Gasteiger partial charge in [0.05, 0.1) is 0 Å². The van der Waals surface area contributed by atoms with Crippen LogP contribution in [0, 0.1) is 5.92 Å². The van der Waals surface area contributed by atoms with Crippen LogP contribution in [0.4, 0.5) is 0 Å². The minimum Gasteiger partial charge on any atom is -0.348 e. The smallest absolute Gasteiger partial charge is 0.272 e. The Balaban J connectivity index is 1.25. The lowest BCUT2D eigenvalue weighted by atomic mass is 9.85. The van der Waals surface area contributed by atoms with Gasteiger partial charge in [0.2, 0.25) is 0 Å². The number of pyridine rings is 1. The predicted molar refractivity (Wildman–Crippen MR) is 109 cm³/mol. The number of fused-ring (bicyclic) bond motifs is 1. The highest BCUT2D eigenvalue weighted by Crippen LogP contribution is 2.26. The largest absolute Gasteiger partial charge is 0.348 e. The fraction of sp³-hybridized carbons (Fsp3) is 0.591. The Labute approximate surface area is 167 Å². The summed E-state index contributed by atoms with van der Waals surface area (Å²) in [6, 6.07) is 6.36. The molecule has 0 radical (unpaired) electrons. The maximum atomic E-state index is 12.7. The molecule has 28 heavy (non-hydrogen) atoms. The fourth-order valence-electron chi connectivity index (χ4n) is 4.73. The first-order chi connectivity index (χ1) is 13.7. The minimum absolute atomic E-state index is 0.00792. The maximum Gasteiger partial charge on any atom is 0.272 e. The zero-order valence-electron chi connectivity index (χ0n) is 16.8. The molecule has 2 aliphatic rings. The van der Waals surface area contributed by atoms with Gasteiger partial charge < -0.3 is 10.2 Å². The number of aromatic amines is 1. The molecule has 2 aromatic rings. The number of hydrogen-bond acceptors (Lipinski definition) is 4. The van der Waals surface area contributed by atoms with E-state index in [1.54, 1.807) is 0 Å². The molecule has 6 heteroatoms. The molecule has 0 aliphatic heterocycles. The summed E-state index contributed by atoms with van der Waals surface area (Å²) in [6.07, 6.45) is 10.5. The van der Waals surface area contributed by atoms with Crippen molar-refractivity contribution in [1.82, 2.24) is 25.4 Å². The summed E-state index contributed by atoms with van der Waals surface area (Å²) < 4.78 is 0. The van der Waals surface area contributed by atoms with Crippen molar-refractivity contribution < 1.29 is 4.79 Å². The lowest BCUT2D eigenvalue weighted by Gasteiger charge is -2.32. The number of aryl methyl sites for hydroxylation is 1. The molecule has 0 unspecified atom stereocenters. The number of aromatic nitrogens is 3. The van der Waals surface area contributed by atoms with Gasteiger partial charge in [-0.15, -0.1) is 0 Å². The molecule has 2 aromatic heterocycles. The third-order valence-electron chi connectivity index (χ3n) is 6.19. The van der Waals surface area contributed by atoms with Crippen molar-refractivity contribution in [3.05, 3.63) is 47.0 Å².